The quantitative estimate of drug-likeness (QED) is 0.653. The van der Waals surface area contributed by atoms with Crippen molar-refractivity contribution in [3.63, 3.8) is 0 Å². The van der Waals surface area contributed by atoms with Gasteiger partial charge in [0.15, 0.2) is 0 Å². The molecule has 3 aromatic rings. The highest BCUT2D eigenvalue weighted by atomic mass is 16.5. The molecular formula is C22H23N3O3. The molecule has 0 aliphatic carbocycles. The van der Waals surface area contributed by atoms with E-state index in [1.807, 2.05) is 55.5 Å². The Morgan fingerprint density at radius 3 is 2.68 bits per heavy atom. The van der Waals surface area contributed by atoms with Gasteiger partial charge in [0.1, 0.15) is 17.3 Å². The standard InChI is InChI=1S/C22H23N3O3/c1-15-6-3-4-9-20(15)28-18-8-5-7-16(12-18)13-24-22(26)19-11-10-17(14-27-2)25-21(19)23/h3-12H,13-14H2,1-2H3,(H2,23,25)(H,24,26). The summed E-state index contributed by atoms with van der Waals surface area (Å²) in [5.74, 6) is 1.42. The van der Waals surface area contributed by atoms with Gasteiger partial charge in [0.2, 0.25) is 0 Å². The van der Waals surface area contributed by atoms with Crippen molar-refractivity contribution in [1.29, 1.82) is 0 Å². The lowest BCUT2D eigenvalue weighted by Crippen LogP contribution is -2.24. The van der Waals surface area contributed by atoms with Crippen LogP contribution >= 0.6 is 0 Å². The third kappa shape index (κ3) is 4.86. The summed E-state index contributed by atoms with van der Waals surface area (Å²) >= 11 is 0. The van der Waals surface area contributed by atoms with Gasteiger partial charge in [-0.05, 0) is 48.4 Å². The number of carbonyl (C=O) groups excluding carboxylic acids is 1. The molecule has 0 saturated carbocycles. The second-order valence-corrected chi connectivity index (χ2v) is 6.37. The van der Waals surface area contributed by atoms with Gasteiger partial charge in [0, 0.05) is 13.7 Å². The van der Waals surface area contributed by atoms with Crippen molar-refractivity contribution in [2.45, 2.75) is 20.1 Å². The van der Waals surface area contributed by atoms with E-state index in [9.17, 15) is 4.79 Å². The SMILES string of the molecule is COCc1ccc(C(=O)NCc2cccc(Oc3ccccc3C)c2)c(N)n1. The first-order valence-corrected chi connectivity index (χ1v) is 8.92. The van der Waals surface area contributed by atoms with Crippen LogP contribution in [0.4, 0.5) is 5.82 Å². The van der Waals surface area contributed by atoms with Crippen LogP contribution in [-0.4, -0.2) is 18.0 Å². The second kappa shape index (κ2) is 9.01. The van der Waals surface area contributed by atoms with Crippen LogP contribution in [0.15, 0.2) is 60.7 Å². The summed E-state index contributed by atoms with van der Waals surface area (Å²) in [5, 5.41) is 2.86. The number of hydrogen-bond acceptors (Lipinski definition) is 5. The fourth-order valence-corrected chi connectivity index (χ4v) is 2.73. The molecule has 6 nitrogen and oxygen atoms in total. The maximum atomic E-state index is 12.4. The van der Waals surface area contributed by atoms with Gasteiger partial charge in [-0.25, -0.2) is 4.98 Å². The molecule has 0 saturated heterocycles. The van der Waals surface area contributed by atoms with E-state index in [2.05, 4.69) is 10.3 Å². The zero-order valence-electron chi connectivity index (χ0n) is 15.9. The highest BCUT2D eigenvalue weighted by Gasteiger charge is 2.11. The number of ether oxygens (including phenoxy) is 2. The highest BCUT2D eigenvalue weighted by molar-refractivity contribution is 5.98. The van der Waals surface area contributed by atoms with E-state index >= 15 is 0 Å². The fraction of sp³-hybridized carbons (Fsp3) is 0.182. The molecule has 1 heterocycles. The summed E-state index contributed by atoms with van der Waals surface area (Å²) in [6, 6.07) is 18.8. The van der Waals surface area contributed by atoms with Crippen LogP contribution in [0.1, 0.15) is 27.2 Å². The van der Waals surface area contributed by atoms with E-state index in [0.717, 1.165) is 16.9 Å². The van der Waals surface area contributed by atoms with Crippen molar-refractivity contribution in [2.75, 3.05) is 12.8 Å². The normalized spacial score (nSPS) is 10.5. The van der Waals surface area contributed by atoms with E-state index in [4.69, 9.17) is 15.2 Å². The van der Waals surface area contributed by atoms with Crippen LogP contribution in [0.5, 0.6) is 11.5 Å². The van der Waals surface area contributed by atoms with Crippen LogP contribution in [0, 0.1) is 6.92 Å². The van der Waals surface area contributed by atoms with Gasteiger partial charge in [-0.1, -0.05) is 30.3 Å². The highest BCUT2D eigenvalue weighted by Crippen LogP contribution is 2.25. The predicted octanol–water partition coefficient (Wildman–Crippen LogP) is 3.84. The van der Waals surface area contributed by atoms with Crippen molar-refractivity contribution in [2.24, 2.45) is 0 Å². The zero-order valence-corrected chi connectivity index (χ0v) is 15.9. The summed E-state index contributed by atoms with van der Waals surface area (Å²) in [6.45, 7) is 2.69. The van der Waals surface area contributed by atoms with Crippen LogP contribution in [0.2, 0.25) is 0 Å². The smallest absolute Gasteiger partial charge is 0.255 e. The molecule has 2 aromatic carbocycles. The number of nitrogens with one attached hydrogen (secondary N) is 1. The number of pyridine rings is 1. The summed E-state index contributed by atoms with van der Waals surface area (Å²) in [7, 11) is 1.58. The molecule has 3 N–H and O–H groups in total. The van der Waals surface area contributed by atoms with Crippen molar-refractivity contribution in [3.05, 3.63) is 83.0 Å². The molecule has 0 unspecified atom stereocenters. The number of amides is 1. The average Bonchev–Trinajstić information content (AvgIpc) is 2.69. The first kappa shape index (κ1) is 19.4. The number of nitrogen functional groups attached to an aromatic ring is 1. The third-order valence-electron chi connectivity index (χ3n) is 4.19. The number of methoxy groups -OCH3 is 1. The molecule has 0 fully saturated rings. The van der Waals surface area contributed by atoms with Crippen LogP contribution < -0.4 is 15.8 Å². The minimum absolute atomic E-state index is 0.184. The van der Waals surface area contributed by atoms with Gasteiger partial charge >= 0.3 is 0 Å². The van der Waals surface area contributed by atoms with Crippen LogP contribution in [0.25, 0.3) is 0 Å². The van der Waals surface area contributed by atoms with Gasteiger partial charge in [-0.2, -0.15) is 0 Å². The third-order valence-corrected chi connectivity index (χ3v) is 4.19. The van der Waals surface area contributed by atoms with E-state index in [0.29, 0.717) is 30.2 Å². The monoisotopic (exact) mass is 377 g/mol. The van der Waals surface area contributed by atoms with Gasteiger partial charge in [-0.15, -0.1) is 0 Å². The summed E-state index contributed by atoms with van der Waals surface area (Å²) in [5.41, 5.74) is 8.89. The molecular weight excluding hydrogens is 354 g/mol. The number of para-hydroxylation sites is 1. The van der Waals surface area contributed by atoms with E-state index in [-0.39, 0.29) is 11.7 Å². The van der Waals surface area contributed by atoms with Gasteiger partial charge in [0.05, 0.1) is 17.9 Å². The number of rotatable bonds is 7. The summed E-state index contributed by atoms with van der Waals surface area (Å²) in [4.78, 5) is 16.6. The topological polar surface area (TPSA) is 86.5 Å². The molecule has 1 aromatic heterocycles. The van der Waals surface area contributed by atoms with Crippen LogP contribution in [-0.2, 0) is 17.9 Å². The lowest BCUT2D eigenvalue weighted by atomic mass is 10.2. The van der Waals surface area contributed by atoms with E-state index < -0.39 is 0 Å². The number of aryl methyl sites for hydroxylation is 1. The summed E-state index contributed by atoms with van der Waals surface area (Å²) < 4.78 is 11.0. The Labute approximate surface area is 164 Å². The largest absolute Gasteiger partial charge is 0.457 e. The molecule has 0 atom stereocenters. The number of nitrogens with two attached hydrogens (primary N) is 1. The number of hydrogen-bond donors (Lipinski definition) is 2. The Morgan fingerprint density at radius 1 is 1.11 bits per heavy atom. The molecule has 6 heteroatoms. The minimum Gasteiger partial charge on any atom is -0.457 e. The van der Waals surface area contributed by atoms with Crippen molar-refractivity contribution in [3.8, 4) is 11.5 Å². The van der Waals surface area contributed by atoms with Gasteiger partial charge < -0.3 is 20.5 Å². The first-order chi connectivity index (χ1) is 13.6. The lowest BCUT2D eigenvalue weighted by Gasteiger charge is -2.11. The number of carbonyl (C=O) groups is 1. The molecule has 0 spiro atoms. The maximum Gasteiger partial charge on any atom is 0.255 e. The number of aromatic nitrogens is 1. The number of nitrogens with zero attached hydrogens (tertiary/aromatic N) is 1. The van der Waals surface area contributed by atoms with E-state index in [1.165, 1.54) is 0 Å². The molecule has 28 heavy (non-hydrogen) atoms. The molecule has 0 bridgehead atoms. The average molecular weight is 377 g/mol. The lowest BCUT2D eigenvalue weighted by molar-refractivity contribution is 0.0951. The van der Waals surface area contributed by atoms with Crippen molar-refractivity contribution >= 4 is 11.7 Å². The van der Waals surface area contributed by atoms with E-state index in [1.54, 1.807) is 19.2 Å². The molecule has 0 radical (unpaired) electrons. The van der Waals surface area contributed by atoms with Gasteiger partial charge in [-0.3, -0.25) is 4.79 Å². The molecule has 1 amide bonds. The van der Waals surface area contributed by atoms with Crippen LogP contribution in [0.3, 0.4) is 0 Å². The number of benzene rings is 2. The van der Waals surface area contributed by atoms with Gasteiger partial charge in [0.25, 0.3) is 5.91 Å². The Morgan fingerprint density at radius 2 is 1.93 bits per heavy atom. The Balaban J connectivity index is 1.65. The molecule has 3 rings (SSSR count). The summed E-state index contributed by atoms with van der Waals surface area (Å²) in [6.07, 6.45) is 0. The first-order valence-electron chi connectivity index (χ1n) is 8.92. The molecule has 0 aliphatic heterocycles. The molecule has 144 valence electrons. The zero-order chi connectivity index (χ0) is 19.9. The second-order valence-electron chi connectivity index (χ2n) is 6.37. The minimum atomic E-state index is -0.279. The van der Waals surface area contributed by atoms with Crippen molar-refractivity contribution in [1.82, 2.24) is 10.3 Å². The Kier molecular flexibility index (Phi) is 6.24. The Bertz CT molecular complexity index is 973. The fourth-order valence-electron chi connectivity index (χ4n) is 2.73. The predicted molar refractivity (Wildman–Crippen MR) is 108 cm³/mol. The maximum absolute atomic E-state index is 12.4. The molecule has 0 aliphatic rings. The van der Waals surface area contributed by atoms with Crippen molar-refractivity contribution < 1.29 is 14.3 Å². The Hall–Kier alpha value is -3.38. The number of anilines is 1.